The lowest BCUT2D eigenvalue weighted by Gasteiger charge is -2.16. The maximum atomic E-state index is 11.2. The summed E-state index contributed by atoms with van der Waals surface area (Å²) in [5.74, 6) is 0.762. The van der Waals surface area contributed by atoms with Crippen LogP contribution in [0.25, 0.3) is 0 Å². The molecule has 0 heterocycles. The minimum Gasteiger partial charge on any atom is -0.497 e. The SMILES string of the molecule is CCC(NS(C)(=O)=O)c1ccc(OC)cc1. The monoisotopic (exact) mass is 243 g/mol. The summed E-state index contributed by atoms with van der Waals surface area (Å²) in [4.78, 5) is 0. The summed E-state index contributed by atoms with van der Waals surface area (Å²) in [6.45, 7) is 1.94. The van der Waals surface area contributed by atoms with Crippen molar-refractivity contribution in [2.45, 2.75) is 19.4 Å². The second-order valence-corrected chi connectivity index (χ2v) is 5.40. The molecule has 1 rings (SSSR count). The maximum Gasteiger partial charge on any atom is 0.209 e. The number of benzene rings is 1. The van der Waals surface area contributed by atoms with E-state index >= 15 is 0 Å². The van der Waals surface area contributed by atoms with Crippen LogP contribution in [0.3, 0.4) is 0 Å². The summed E-state index contributed by atoms with van der Waals surface area (Å²) < 4.78 is 30.0. The van der Waals surface area contributed by atoms with E-state index in [1.54, 1.807) is 7.11 Å². The molecule has 0 aliphatic heterocycles. The number of rotatable bonds is 5. The van der Waals surface area contributed by atoms with Crippen LogP contribution < -0.4 is 9.46 Å². The highest BCUT2D eigenvalue weighted by molar-refractivity contribution is 7.88. The van der Waals surface area contributed by atoms with Crippen molar-refractivity contribution < 1.29 is 13.2 Å². The van der Waals surface area contributed by atoms with E-state index in [0.29, 0.717) is 6.42 Å². The third-order valence-electron chi connectivity index (χ3n) is 2.28. The third kappa shape index (κ3) is 3.83. The highest BCUT2D eigenvalue weighted by atomic mass is 32.2. The molecule has 0 saturated carbocycles. The number of nitrogens with one attached hydrogen (secondary N) is 1. The van der Waals surface area contributed by atoms with Gasteiger partial charge >= 0.3 is 0 Å². The topological polar surface area (TPSA) is 55.4 Å². The van der Waals surface area contributed by atoms with E-state index in [2.05, 4.69) is 4.72 Å². The fourth-order valence-electron chi connectivity index (χ4n) is 1.48. The fourth-order valence-corrected chi connectivity index (χ4v) is 2.30. The molecule has 1 atom stereocenters. The molecule has 1 aromatic carbocycles. The first kappa shape index (κ1) is 13.0. The van der Waals surface area contributed by atoms with Crippen molar-refractivity contribution in [3.05, 3.63) is 29.8 Å². The van der Waals surface area contributed by atoms with E-state index < -0.39 is 10.0 Å². The normalized spacial score (nSPS) is 13.4. The van der Waals surface area contributed by atoms with E-state index in [4.69, 9.17) is 4.74 Å². The average Bonchev–Trinajstić information content (AvgIpc) is 2.25. The van der Waals surface area contributed by atoms with Crippen LogP contribution >= 0.6 is 0 Å². The molecule has 1 N–H and O–H groups in total. The van der Waals surface area contributed by atoms with E-state index in [0.717, 1.165) is 11.3 Å². The molecule has 1 unspecified atom stereocenters. The van der Waals surface area contributed by atoms with Crippen LogP contribution in [0.15, 0.2) is 24.3 Å². The van der Waals surface area contributed by atoms with Gasteiger partial charge in [0.2, 0.25) is 10.0 Å². The zero-order chi connectivity index (χ0) is 12.2. The first-order valence-corrected chi connectivity index (χ1v) is 6.96. The Morgan fingerprint density at radius 3 is 2.25 bits per heavy atom. The minimum atomic E-state index is -3.18. The van der Waals surface area contributed by atoms with Gasteiger partial charge in [-0.25, -0.2) is 13.1 Å². The van der Waals surface area contributed by atoms with Crippen molar-refractivity contribution in [1.29, 1.82) is 0 Å². The van der Waals surface area contributed by atoms with Gasteiger partial charge in [0.1, 0.15) is 5.75 Å². The van der Waals surface area contributed by atoms with E-state index in [9.17, 15) is 8.42 Å². The maximum absolute atomic E-state index is 11.2. The Hall–Kier alpha value is -1.07. The van der Waals surface area contributed by atoms with E-state index in [-0.39, 0.29) is 6.04 Å². The zero-order valence-electron chi connectivity index (χ0n) is 9.73. The molecular formula is C11H17NO3S. The molecule has 0 fully saturated rings. The quantitative estimate of drug-likeness (QED) is 0.856. The van der Waals surface area contributed by atoms with E-state index in [1.165, 1.54) is 6.26 Å². The van der Waals surface area contributed by atoms with Gasteiger partial charge in [-0.05, 0) is 24.1 Å². The molecule has 0 amide bonds. The Balaban J connectivity index is 2.87. The van der Waals surface area contributed by atoms with Crippen LogP contribution in [0.4, 0.5) is 0 Å². The van der Waals surface area contributed by atoms with Crippen molar-refractivity contribution in [2.24, 2.45) is 0 Å². The van der Waals surface area contributed by atoms with Crippen LogP contribution in [0.5, 0.6) is 5.75 Å². The largest absolute Gasteiger partial charge is 0.497 e. The van der Waals surface area contributed by atoms with Gasteiger partial charge in [0.15, 0.2) is 0 Å². The summed E-state index contributed by atoms with van der Waals surface area (Å²) in [5.41, 5.74) is 0.939. The molecule has 0 saturated heterocycles. The lowest BCUT2D eigenvalue weighted by Crippen LogP contribution is -2.26. The van der Waals surface area contributed by atoms with Gasteiger partial charge in [-0.3, -0.25) is 0 Å². The molecule has 0 aliphatic carbocycles. The van der Waals surface area contributed by atoms with Gasteiger partial charge < -0.3 is 4.74 Å². The van der Waals surface area contributed by atoms with Crippen molar-refractivity contribution in [3.8, 4) is 5.75 Å². The van der Waals surface area contributed by atoms with Crippen LogP contribution in [0.2, 0.25) is 0 Å². The number of methoxy groups -OCH3 is 1. The van der Waals surface area contributed by atoms with Crippen molar-refractivity contribution in [3.63, 3.8) is 0 Å². The van der Waals surface area contributed by atoms with Crippen LogP contribution in [0.1, 0.15) is 24.9 Å². The lowest BCUT2D eigenvalue weighted by atomic mass is 10.1. The van der Waals surface area contributed by atoms with Crippen molar-refractivity contribution >= 4 is 10.0 Å². The Bertz CT molecular complexity index is 425. The van der Waals surface area contributed by atoms with Gasteiger partial charge in [0, 0.05) is 6.04 Å². The van der Waals surface area contributed by atoms with Gasteiger partial charge in [-0.1, -0.05) is 19.1 Å². The fraction of sp³-hybridized carbons (Fsp3) is 0.455. The summed E-state index contributed by atoms with van der Waals surface area (Å²) in [6.07, 6.45) is 1.87. The summed E-state index contributed by atoms with van der Waals surface area (Å²) >= 11 is 0. The molecule has 0 spiro atoms. The predicted octanol–water partition coefficient (Wildman–Crippen LogP) is 1.70. The van der Waals surface area contributed by atoms with E-state index in [1.807, 2.05) is 31.2 Å². The lowest BCUT2D eigenvalue weighted by molar-refractivity contribution is 0.414. The van der Waals surface area contributed by atoms with Gasteiger partial charge in [-0.15, -0.1) is 0 Å². The number of hydrogen-bond acceptors (Lipinski definition) is 3. The highest BCUT2D eigenvalue weighted by Gasteiger charge is 2.13. The Morgan fingerprint density at radius 1 is 1.31 bits per heavy atom. The molecule has 0 aliphatic rings. The Morgan fingerprint density at radius 2 is 1.88 bits per heavy atom. The molecule has 90 valence electrons. The number of sulfonamides is 1. The minimum absolute atomic E-state index is 0.180. The highest BCUT2D eigenvalue weighted by Crippen LogP contribution is 2.20. The summed E-state index contributed by atoms with van der Waals surface area (Å²) in [5, 5.41) is 0. The van der Waals surface area contributed by atoms with Crippen LogP contribution in [-0.4, -0.2) is 21.8 Å². The smallest absolute Gasteiger partial charge is 0.209 e. The average molecular weight is 243 g/mol. The Labute approximate surface area is 96.7 Å². The molecule has 0 bridgehead atoms. The molecule has 1 aromatic rings. The molecular weight excluding hydrogens is 226 g/mol. The second-order valence-electron chi connectivity index (χ2n) is 3.62. The number of hydrogen-bond donors (Lipinski definition) is 1. The molecule has 4 nitrogen and oxygen atoms in total. The van der Waals surface area contributed by atoms with Crippen molar-refractivity contribution in [1.82, 2.24) is 4.72 Å². The molecule has 0 aromatic heterocycles. The first-order chi connectivity index (χ1) is 7.46. The summed E-state index contributed by atoms with van der Waals surface area (Å²) in [6, 6.07) is 7.20. The standard InChI is InChI=1S/C11H17NO3S/c1-4-11(12-16(3,13)14)9-5-7-10(15-2)8-6-9/h5-8,11-12H,4H2,1-3H3. The zero-order valence-corrected chi connectivity index (χ0v) is 10.5. The van der Waals surface area contributed by atoms with Crippen LogP contribution in [0, 0.1) is 0 Å². The van der Waals surface area contributed by atoms with Crippen molar-refractivity contribution in [2.75, 3.05) is 13.4 Å². The second kappa shape index (κ2) is 5.32. The first-order valence-electron chi connectivity index (χ1n) is 5.07. The predicted molar refractivity (Wildman–Crippen MR) is 64.0 cm³/mol. The van der Waals surface area contributed by atoms with Gasteiger partial charge in [0.05, 0.1) is 13.4 Å². The third-order valence-corrected chi connectivity index (χ3v) is 3.00. The van der Waals surface area contributed by atoms with Gasteiger partial charge in [-0.2, -0.15) is 0 Å². The number of ether oxygens (including phenoxy) is 1. The Kier molecular flexibility index (Phi) is 4.32. The summed E-state index contributed by atoms with van der Waals surface area (Å²) in [7, 11) is -1.58. The molecule has 5 heteroatoms. The molecule has 16 heavy (non-hydrogen) atoms. The van der Waals surface area contributed by atoms with Crippen LogP contribution in [-0.2, 0) is 10.0 Å². The van der Waals surface area contributed by atoms with Gasteiger partial charge in [0.25, 0.3) is 0 Å². The molecule has 0 radical (unpaired) electrons.